The van der Waals surface area contributed by atoms with E-state index in [1.54, 1.807) is 13.8 Å². The standard InChI is InChI=1S/C70H102O8/c1-41(2)47-27-33-69(59(73)74)37-35-65(13)49(55(47)69)23-25-53-63(11)39-45(57(77-43(5)71)61(7,8)51(63)29-31-67(53,65)15)21-19-17-18-20-22-46-40-64(12)52(62(9,10)58(46)78-44(6)72)30-32-68(16)54(64)26-24-50-56-48(42(3)4)28-34-70(56,60(75)76)38-36-66(50,68)14/h45-58H,1,3,21-40H2,2,4-16H3,(H,73,74)(H,75,76)/t45-,46-,47+,48+,49-,50-,51+,52+,53-,54-,55-,56-,57+,58+,63+,64+,65-,66-,67-,68-,69+,70+/m1/s1. The average molecular weight is 1070 g/mol. The molecule has 0 aromatic heterocycles. The molecule has 430 valence electrons. The van der Waals surface area contributed by atoms with Crippen LogP contribution in [-0.4, -0.2) is 46.3 Å². The fourth-order valence-electron chi connectivity index (χ4n) is 25.4. The summed E-state index contributed by atoms with van der Waals surface area (Å²) in [4.78, 5) is 52.7. The molecule has 0 aromatic carbocycles. The number of ether oxygens (including phenoxy) is 2. The highest BCUT2D eigenvalue weighted by Gasteiger charge is 2.75. The Morgan fingerprint density at radius 1 is 0.462 bits per heavy atom. The van der Waals surface area contributed by atoms with Gasteiger partial charge in [-0.25, -0.2) is 0 Å². The molecule has 0 heterocycles. The summed E-state index contributed by atoms with van der Waals surface area (Å²) in [7, 11) is 0. The predicted molar refractivity (Wildman–Crippen MR) is 307 cm³/mol. The van der Waals surface area contributed by atoms with Gasteiger partial charge in [-0.15, -0.1) is 0 Å². The first-order valence-corrected chi connectivity index (χ1v) is 31.4. The molecular formula is C70H102O8. The van der Waals surface area contributed by atoms with Gasteiger partial charge in [-0.2, -0.15) is 0 Å². The summed E-state index contributed by atoms with van der Waals surface area (Å²) in [6.07, 6.45) is 17.9. The van der Waals surface area contributed by atoms with Crippen molar-refractivity contribution in [2.75, 3.05) is 0 Å². The maximum Gasteiger partial charge on any atom is 0.309 e. The van der Waals surface area contributed by atoms with Gasteiger partial charge in [-0.05, 0) is 233 Å². The normalized spacial score (nSPS) is 49.9. The number of hydrogen-bond donors (Lipinski definition) is 2. The van der Waals surface area contributed by atoms with Gasteiger partial charge in [-0.3, -0.25) is 19.2 Å². The van der Waals surface area contributed by atoms with Gasteiger partial charge >= 0.3 is 23.9 Å². The van der Waals surface area contributed by atoms with E-state index in [1.165, 1.54) is 0 Å². The Morgan fingerprint density at radius 2 is 0.821 bits per heavy atom. The van der Waals surface area contributed by atoms with Crippen molar-refractivity contribution in [1.82, 2.24) is 0 Å². The lowest BCUT2D eigenvalue weighted by atomic mass is 9.31. The molecular weight excluding hydrogens is 969 g/mol. The number of allylic oxidation sites excluding steroid dienone is 2. The Balaban J connectivity index is 0.902. The van der Waals surface area contributed by atoms with E-state index < -0.39 is 22.8 Å². The van der Waals surface area contributed by atoms with Crippen LogP contribution >= 0.6 is 0 Å². The van der Waals surface area contributed by atoms with Gasteiger partial charge in [0.25, 0.3) is 0 Å². The fraction of sp³-hybridized carbons (Fsp3) is 0.829. The van der Waals surface area contributed by atoms with Crippen LogP contribution in [-0.2, 0) is 28.7 Å². The molecule has 10 fully saturated rings. The van der Waals surface area contributed by atoms with Crippen LogP contribution in [0.15, 0.2) is 24.3 Å². The van der Waals surface area contributed by atoms with Crippen molar-refractivity contribution in [3.8, 4) is 23.7 Å². The van der Waals surface area contributed by atoms with Crippen LogP contribution in [0.4, 0.5) is 0 Å². The molecule has 22 atom stereocenters. The van der Waals surface area contributed by atoms with Gasteiger partial charge in [0.1, 0.15) is 12.2 Å². The Labute approximate surface area is 471 Å². The van der Waals surface area contributed by atoms with Crippen molar-refractivity contribution in [3.05, 3.63) is 24.3 Å². The van der Waals surface area contributed by atoms with Gasteiger partial charge in [-0.1, -0.05) is 105 Å². The summed E-state index contributed by atoms with van der Waals surface area (Å²) < 4.78 is 12.8. The number of rotatable bonds is 8. The van der Waals surface area contributed by atoms with E-state index in [9.17, 15) is 29.4 Å². The number of aliphatic carboxylic acids is 2. The smallest absolute Gasteiger partial charge is 0.309 e. The topological polar surface area (TPSA) is 127 Å². The van der Waals surface area contributed by atoms with Gasteiger partial charge in [0.15, 0.2) is 0 Å². The van der Waals surface area contributed by atoms with E-state index in [0.717, 1.165) is 127 Å². The van der Waals surface area contributed by atoms with E-state index >= 15 is 0 Å². The maximum atomic E-state index is 13.3. The number of esters is 2. The van der Waals surface area contributed by atoms with E-state index in [4.69, 9.17) is 9.47 Å². The number of carboxylic acid groups (broad SMARTS) is 2. The summed E-state index contributed by atoms with van der Waals surface area (Å²) in [5.41, 5.74) is 0.521. The molecule has 0 aliphatic heterocycles. The molecule has 8 nitrogen and oxygen atoms in total. The summed E-state index contributed by atoms with van der Waals surface area (Å²) in [5, 5.41) is 21.9. The largest absolute Gasteiger partial charge is 0.481 e. The second kappa shape index (κ2) is 19.0. The molecule has 0 saturated heterocycles. The summed E-state index contributed by atoms with van der Waals surface area (Å²) in [6.45, 7) is 41.1. The summed E-state index contributed by atoms with van der Waals surface area (Å²) in [6, 6.07) is 0. The van der Waals surface area contributed by atoms with Gasteiger partial charge in [0.05, 0.1) is 10.8 Å². The van der Waals surface area contributed by atoms with Crippen LogP contribution in [0.3, 0.4) is 0 Å². The van der Waals surface area contributed by atoms with Crippen LogP contribution < -0.4 is 0 Å². The van der Waals surface area contributed by atoms with Crippen LogP contribution in [0, 0.1) is 149 Å². The third-order valence-electron chi connectivity index (χ3n) is 28.6. The van der Waals surface area contributed by atoms with E-state index in [-0.39, 0.29) is 103 Å². The zero-order chi connectivity index (χ0) is 56.9. The SMILES string of the molecule is C=C(C)[C@@H]1CC[C@]2(C(=O)O)CC[C@]3(C)[C@H](CC[C@@H]4[C@@]5(C)C[C@@H](CC#CC#CC[C@@H]6C[C@]7(C)[C@H]8CC[C@@H]9[C@H]%10[C@H](C(=C)C)CC[C@]%10(C(=O)O)CC[C@@]9(C)[C@]8(C)CC[C@H]7C(C)(C)[C@H]6OC(C)=O)[C@H](OC(C)=O)C(C)(C)[C@@H]5CC[C@]43C)[C@@H]12. The predicted octanol–water partition coefficient (Wildman–Crippen LogP) is 15.6. The third-order valence-corrected chi connectivity index (χ3v) is 28.6. The molecule has 0 unspecified atom stereocenters. The maximum absolute atomic E-state index is 13.3. The minimum absolute atomic E-state index is 0.0125. The van der Waals surface area contributed by atoms with Crippen molar-refractivity contribution < 1.29 is 38.9 Å². The van der Waals surface area contributed by atoms with Crippen LogP contribution in [0.25, 0.3) is 0 Å². The highest BCUT2D eigenvalue weighted by molar-refractivity contribution is 5.77. The molecule has 8 heteroatoms. The highest BCUT2D eigenvalue weighted by Crippen LogP contribution is 2.80. The summed E-state index contributed by atoms with van der Waals surface area (Å²) in [5.74, 6) is 15.2. The monoisotopic (exact) mass is 1070 g/mol. The Hall–Kier alpha value is -3.52. The van der Waals surface area contributed by atoms with Crippen LogP contribution in [0.1, 0.15) is 225 Å². The molecule has 10 aliphatic carbocycles. The number of hydrogen-bond acceptors (Lipinski definition) is 6. The molecule has 2 N–H and O–H groups in total. The van der Waals surface area contributed by atoms with Gasteiger partial charge in [0, 0.05) is 49.4 Å². The first-order valence-electron chi connectivity index (χ1n) is 31.4. The van der Waals surface area contributed by atoms with Crippen LogP contribution in [0.5, 0.6) is 0 Å². The fourth-order valence-corrected chi connectivity index (χ4v) is 25.4. The summed E-state index contributed by atoms with van der Waals surface area (Å²) >= 11 is 0. The quantitative estimate of drug-likeness (QED) is 0.140. The first kappa shape index (κ1) is 57.7. The number of fused-ring (bicyclic) bond motifs is 14. The Bertz CT molecular complexity index is 2460. The second-order valence-corrected chi connectivity index (χ2v) is 31.9. The Morgan fingerprint density at radius 3 is 1.14 bits per heavy atom. The number of carbonyl (C=O) groups excluding carboxylic acids is 2. The molecule has 10 aliphatic rings. The van der Waals surface area contributed by atoms with Crippen molar-refractivity contribution in [3.63, 3.8) is 0 Å². The van der Waals surface area contributed by atoms with Crippen molar-refractivity contribution in [1.29, 1.82) is 0 Å². The van der Waals surface area contributed by atoms with Gasteiger partial charge < -0.3 is 19.7 Å². The molecule has 10 saturated carbocycles. The lowest BCUT2D eigenvalue weighted by molar-refractivity contribution is -0.259. The molecule has 78 heavy (non-hydrogen) atoms. The van der Waals surface area contributed by atoms with Crippen molar-refractivity contribution in [2.24, 2.45) is 125 Å². The minimum atomic E-state index is -0.649. The Kier molecular flexibility index (Phi) is 14.1. The first-order chi connectivity index (χ1) is 36.3. The lowest BCUT2D eigenvalue weighted by Crippen LogP contribution is -2.68. The minimum Gasteiger partial charge on any atom is -0.481 e. The number of carbonyl (C=O) groups is 4. The molecule has 0 spiro atoms. The molecule has 0 radical (unpaired) electrons. The van der Waals surface area contributed by atoms with E-state index in [2.05, 4.69) is 120 Å². The van der Waals surface area contributed by atoms with Gasteiger partial charge in [0.2, 0.25) is 0 Å². The van der Waals surface area contributed by atoms with Crippen LogP contribution in [0.2, 0.25) is 0 Å². The van der Waals surface area contributed by atoms with Crippen molar-refractivity contribution >= 4 is 23.9 Å². The highest BCUT2D eigenvalue weighted by atomic mass is 16.5. The molecule has 0 aromatic rings. The molecule has 0 amide bonds. The zero-order valence-electron chi connectivity index (χ0n) is 51.0. The molecule has 0 bridgehead atoms. The second-order valence-electron chi connectivity index (χ2n) is 31.9. The lowest BCUT2D eigenvalue weighted by Gasteiger charge is -2.73. The number of carboxylic acids is 2. The van der Waals surface area contributed by atoms with Crippen molar-refractivity contribution in [2.45, 2.75) is 238 Å². The average Bonchev–Trinajstić information content (AvgIpc) is 3.58. The molecule has 10 rings (SSSR count). The zero-order valence-corrected chi connectivity index (χ0v) is 51.0. The van der Waals surface area contributed by atoms with E-state index in [1.807, 2.05) is 0 Å². The van der Waals surface area contributed by atoms with E-state index in [0.29, 0.717) is 48.3 Å². The third kappa shape index (κ3) is 7.83.